The standard InChI is InChI=1S/C29H47N7O11/c1-15(2)12-18(33-26(43)20-6-4-10-35(20)22(38)13-31-24(41)16(3)30)28(45)36-11-5-7-21(36)27(44)34-19(14-37)25(42)32-17(29(46)47)8-9-23(39)40/h15-21,37H,4-14,30H2,1-3H3,(H,31,41)(H,32,42)(H,33,43)(H,34,44)(H,39,40)(H,46,47). The summed E-state index contributed by atoms with van der Waals surface area (Å²) in [6.45, 7) is 4.38. The van der Waals surface area contributed by atoms with E-state index in [1.54, 1.807) is 0 Å². The number of rotatable bonds is 17. The quantitative estimate of drug-likeness (QED) is 0.0764. The number of amides is 6. The van der Waals surface area contributed by atoms with Crippen molar-refractivity contribution in [2.24, 2.45) is 11.7 Å². The van der Waals surface area contributed by atoms with Crippen molar-refractivity contribution >= 4 is 47.4 Å². The van der Waals surface area contributed by atoms with Gasteiger partial charge in [-0.15, -0.1) is 0 Å². The molecule has 2 rings (SSSR count). The number of likely N-dealkylation sites (tertiary alicyclic amines) is 2. The van der Waals surface area contributed by atoms with Crippen LogP contribution >= 0.6 is 0 Å². The van der Waals surface area contributed by atoms with Crippen LogP contribution in [0.4, 0.5) is 0 Å². The second kappa shape index (κ2) is 18.1. The Morgan fingerprint density at radius 3 is 1.85 bits per heavy atom. The molecule has 18 heteroatoms. The molecule has 0 aromatic carbocycles. The van der Waals surface area contributed by atoms with Crippen molar-refractivity contribution in [3.63, 3.8) is 0 Å². The molecular formula is C29H47N7O11. The number of nitrogens with two attached hydrogens (primary N) is 1. The SMILES string of the molecule is CC(C)CC(NC(=O)C1CCCN1C(=O)CNC(=O)C(C)N)C(=O)N1CCCC1C(=O)NC(CO)C(=O)NC(CCC(=O)O)C(=O)O. The number of carbonyl (C=O) groups is 8. The van der Waals surface area contributed by atoms with Gasteiger partial charge in [-0.25, -0.2) is 4.79 Å². The molecular weight excluding hydrogens is 622 g/mol. The summed E-state index contributed by atoms with van der Waals surface area (Å²) >= 11 is 0. The Kier molecular flexibility index (Phi) is 15.0. The van der Waals surface area contributed by atoms with Gasteiger partial charge in [0.1, 0.15) is 30.2 Å². The van der Waals surface area contributed by atoms with Crippen molar-refractivity contribution in [3.05, 3.63) is 0 Å². The van der Waals surface area contributed by atoms with Crippen LogP contribution in [-0.4, -0.2) is 135 Å². The lowest BCUT2D eigenvalue weighted by Gasteiger charge is -2.32. The topological polar surface area (TPSA) is 278 Å². The minimum atomic E-state index is -1.58. The van der Waals surface area contributed by atoms with E-state index in [2.05, 4.69) is 21.3 Å². The number of hydrogen-bond acceptors (Lipinski definition) is 10. The molecule has 0 aromatic heterocycles. The fourth-order valence-electron chi connectivity index (χ4n) is 5.49. The zero-order valence-corrected chi connectivity index (χ0v) is 26.9. The highest BCUT2D eigenvalue weighted by molar-refractivity contribution is 5.97. The first-order valence-electron chi connectivity index (χ1n) is 15.7. The van der Waals surface area contributed by atoms with Gasteiger partial charge in [-0.1, -0.05) is 13.8 Å². The van der Waals surface area contributed by atoms with E-state index < -0.39 is 103 Å². The number of hydrogen-bond donors (Lipinski definition) is 8. The van der Waals surface area contributed by atoms with E-state index in [0.717, 1.165) is 0 Å². The first-order chi connectivity index (χ1) is 22.1. The molecule has 264 valence electrons. The van der Waals surface area contributed by atoms with Gasteiger partial charge in [0.2, 0.25) is 35.4 Å². The monoisotopic (exact) mass is 669 g/mol. The van der Waals surface area contributed by atoms with Crippen LogP contribution in [-0.2, 0) is 38.4 Å². The summed E-state index contributed by atoms with van der Waals surface area (Å²) in [5, 5.41) is 37.6. The molecule has 2 aliphatic heterocycles. The Labute approximate surface area is 272 Å². The minimum Gasteiger partial charge on any atom is -0.481 e. The highest BCUT2D eigenvalue weighted by atomic mass is 16.4. The zero-order chi connectivity index (χ0) is 35.4. The predicted molar refractivity (Wildman–Crippen MR) is 163 cm³/mol. The Morgan fingerprint density at radius 1 is 0.787 bits per heavy atom. The lowest BCUT2D eigenvalue weighted by atomic mass is 10.0. The molecule has 47 heavy (non-hydrogen) atoms. The van der Waals surface area contributed by atoms with Crippen molar-refractivity contribution < 1.29 is 53.7 Å². The number of carboxylic acid groups (broad SMARTS) is 2. The van der Waals surface area contributed by atoms with E-state index in [1.807, 2.05) is 13.8 Å². The molecule has 2 heterocycles. The highest BCUT2D eigenvalue weighted by Crippen LogP contribution is 2.22. The normalized spacial score (nSPS) is 20.1. The predicted octanol–water partition coefficient (Wildman–Crippen LogP) is -3.13. The molecule has 6 amide bonds. The molecule has 6 unspecified atom stereocenters. The zero-order valence-electron chi connectivity index (χ0n) is 26.9. The molecule has 2 fully saturated rings. The van der Waals surface area contributed by atoms with Crippen LogP contribution in [0.1, 0.15) is 65.7 Å². The first kappa shape index (κ1) is 38.9. The molecule has 0 spiro atoms. The number of aliphatic hydroxyl groups is 1. The van der Waals surface area contributed by atoms with E-state index >= 15 is 0 Å². The third-order valence-corrected chi connectivity index (χ3v) is 7.94. The lowest BCUT2D eigenvalue weighted by molar-refractivity contribution is -0.145. The van der Waals surface area contributed by atoms with E-state index in [1.165, 1.54) is 16.7 Å². The van der Waals surface area contributed by atoms with Crippen molar-refractivity contribution in [2.45, 2.75) is 102 Å². The molecule has 6 atom stereocenters. The molecule has 2 saturated heterocycles. The third-order valence-electron chi connectivity index (χ3n) is 7.94. The summed E-state index contributed by atoms with van der Waals surface area (Å²) in [7, 11) is 0. The minimum absolute atomic E-state index is 0.0559. The molecule has 0 aliphatic carbocycles. The summed E-state index contributed by atoms with van der Waals surface area (Å²) in [5.41, 5.74) is 5.52. The van der Waals surface area contributed by atoms with Crippen LogP contribution in [0, 0.1) is 5.92 Å². The van der Waals surface area contributed by atoms with Crippen LogP contribution in [0.3, 0.4) is 0 Å². The summed E-state index contributed by atoms with van der Waals surface area (Å²) in [5.74, 6) is -6.74. The Balaban J connectivity index is 2.11. The number of carbonyl (C=O) groups excluding carboxylic acids is 6. The van der Waals surface area contributed by atoms with Crippen LogP contribution < -0.4 is 27.0 Å². The van der Waals surface area contributed by atoms with Gasteiger partial charge in [0.05, 0.1) is 19.2 Å². The summed E-state index contributed by atoms with van der Waals surface area (Å²) in [4.78, 5) is 103. The van der Waals surface area contributed by atoms with E-state index in [0.29, 0.717) is 19.3 Å². The average Bonchev–Trinajstić information content (AvgIpc) is 3.69. The number of aliphatic hydroxyl groups excluding tert-OH is 1. The summed E-state index contributed by atoms with van der Waals surface area (Å²) < 4.78 is 0. The van der Waals surface area contributed by atoms with Gasteiger partial charge in [-0.05, 0) is 51.4 Å². The largest absolute Gasteiger partial charge is 0.481 e. The van der Waals surface area contributed by atoms with Crippen molar-refractivity contribution in [2.75, 3.05) is 26.2 Å². The van der Waals surface area contributed by atoms with E-state index in [-0.39, 0.29) is 38.4 Å². The molecule has 0 radical (unpaired) electrons. The second-order valence-corrected chi connectivity index (χ2v) is 12.2. The average molecular weight is 670 g/mol. The molecule has 0 bridgehead atoms. The summed E-state index contributed by atoms with van der Waals surface area (Å²) in [6, 6.07) is -6.95. The van der Waals surface area contributed by atoms with Gasteiger partial charge in [0.25, 0.3) is 0 Å². The van der Waals surface area contributed by atoms with Crippen LogP contribution in [0.2, 0.25) is 0 Å². The fourth-order valence-corrected chi connectivity index (χ4v) is 5.49. The highest BCUT2D eigenvalue weighted by Gasteiger charge is 2.41. The summed E-state index contributed by atoms with van der Waals surface area (Å²) in [6.07, 6.45) is 0.781. The number of nitrogens with one attached hydrogen (secondary N) is 4. The van der Waals surface area contributed by atoms with Gasteiger partial charge in [-0.3, -0.25) is 33.6 Å². The Bertz CT molecular complexity index is 1200. The van der Waals surface area contributed by atoms with Gasteiger partial charge in [0, 0.05) is 19.5 Å². The molecule has 18 nitrogen and oxygen atoms in total. The van der Waals surface area contributed by atoms with E-state index in [9.17, 15) is 48.6 Å². The third kappa shape index (κ3) is 11.5. The van der Waals surface area contributed by atoms with Crippen LogP contribution in [0.25, 0.3) is 0 Å². The molecule has 2 aliphatic rings. The van der Waals surface area contributed by atoms with Gasteiger partial charge in [-0.2, -0.15) is 0 Å². The van der Waals surface area contributed by atoms with Gasteiger partial charge < -0.3 is 52.1 Å². The Hall–Kier alpha value is -4.32. The Morgan fingerprint density at radius 2 is 1.34 bits per heavy atom. The molecule has 0 aromatic rings. The maximum Gasteiger partial charge on any atom is 0.326 e. The van der Waals surface area contributed by atoms with Gasteiger partial charge in [0.15, 0.2) is 0 Å². The number of carboxylic acids is 2. The first-order valence-corrected chi connectivity index (χ1v) is 15.7. The van der Waals surface area contributed by atoms with Crippen LogP contribution in [0.5, 0.6) is 0 Å². The van der Waals surface area contributed by atoms with Crippen LogP contribution in [0.15, 0.2) is 0 Å². The van der Waals surface area contributed by atoms with Crippen molar-refractivity contribution in [1.29, 1.82) is 0 Å². The fraction of sp³-hybridized carbons (Fsp3) is 0.724. The van der Waals surface area contributed by atoms with E-state index in [4.69, 9.17) is 10.8 Å². The molecule has 9 N–H and O–H groups in total. The second-order valence-electron chi connectivity index (χ2n) is 12.2. The number of nitrogens with zero attached hydrogens (tertiary/aromatic N) is 2. The van der Waals surface area contributed by atoms with Gasteiger partial charge >= 0.3 is 11.9 Å². The van der Waals surface area contributed by atoms with Crippen molar-refractivity contribution in [1.82, 2.24) is 31.1 Å². The number of aliphatic carboxylic acids is 2. The lowest BCUT2D eigenvalue weighted by Crippen LogP contribution is -2.59. The molecule has 0 saturated carbocycles. The maximum atomic E-state index is 13.8. The van der Waals surface area contributed by atoms with Crippen molar-refractivity contribution in [3.8, 4) is 0 Å². The maximum absolute atomic E-state index is 13.8. The smallest absolute Gasteiger partial charge is 0.326 e.